The largest absolute Gasteiger partial charge is 0.534 e. The lowest BCUT2D eigenvalue weighted by molar-refractivity contribution is -0.0499. The number of halogens is 3. The molecular weight excluding hydrogens is 395 g/mol. The van der Waals surface area contributed by atoms with E-state index in [4.69, 9.17) is 0 Å². The molecule has 0 radical (unpaired) electrons. The number of alkyl halides is 3. The monoisotopic (exact) mass is 405 g/mol. The van der Waals surface area contributed by atoms with Crippen LogP contribution in [-0.4, -0.2) is 32.0 Å². The van der Waals surface area contributed by atoms with Crippen molar-refractivity contribution in [3.63, 3.8) is 0 Å². The standard InChI is InChI=1S/C15H10F3NO5S2/c1-7-3-4-8-9(5-7)19-6-10-11(8)12(13(25-10)14(20)23-2)24-26(21,22)15(16,17)18/h3-6H,1-2H3. The van der Waals surface area contributed by atoms with Crippen LogP contribution in [0.2, 0.25) is 0 Å². The summed E-state index contributed by atoms with van der Waals surface area (Å²) in [5.74, 6) is -1.73. The van der Waals surface area contributed by atoms with Gasteiger partial charge in [0.05, 0.1) is 17.3 Å². The van der Waals surface area contributed by atoms with Gasteiger partial charge in [0.2, 0.25) is 0 Å². The number of benzene rings is 1. The Bertz CT molecular complexity index is 1140. The topological polar surface area (TPSA) is 82.6 Å². The van der Waals surface area contributed by atoms with Gasteiger partial charge in [-0.05, 0) is 18.6 Å². The number of carbonyl (C=O) groups is 1. The van der Waals surface area contributed by atoms with E-state index in [0.29, 0.717) is 10.9 Å². The molecule has 0 unspecified atom stereocenters. The molecule has 0 spiro atoms. The van der Waals surface area contributed by atoms with Crippen LogP contribution in [0, 0.1) is 6.92 Å². The summed E-state index contributed by atoms with van der Waals surface area (Å²) in [5.41, 5.74) is -4.38. The third-order valence-corrected chi connectivity index (χ3v) is 5.52. The first kappa shape index (κ1) is 18.4. The van der Waals surface area contributed by atoms with Gasteiger partial charge in [0.15, 0.2) is 10.6 Å². The molecule has 0 aliphatic carbocycles. The highest BCUT2D eigenvalue weighted by atomic mass is 32.2. The molecule has 26 heavy (non-hydrogen) atoms. The highest BCUT2D eigenvalue weighted by Gasteiger charge is 2.49. The van der Waals surface area contributed by atoms with E-state index in [2.05, 4.69) is 13.9 Å². The van der Waals surface area contributed by atoms with E-state index < -0.39 is 32.2 Å². The molecule has 0 saturated heterocycles. The fourth-order valence-corrected chi connectivity index (χ4v) is 3.90. The Hall–Kier alpha value is -2.40. The first-order valence-electron chi connectivity index (χ1n) is 6.96. The molecule has 2 aromatic heterocycles. The number of esters is 1. The molecule has 0 saturated carbocycles. The number of hydrogen-bond acceptors (Lipinski definition) is 7. The molecule has 0 atom stereocenters. The van der Waals surface area contributed by atoms with Crippen LogP contribution < -0.4 is 4.18 Å². The van der Waals surface area contributed by atoms with E-state index in [-0.39, 0.29) is 10.1 Å². The third kappa shape index (κ3) is 2.97. The lowest BCUT2D eigenvalue weighted by Gasteiger charge is -2.10. The molecule has 2 heterocycles. The van der Waals surface area contributed by atoms with Crippen molar-refractivity contribution in [2.75, 3.05) is 7.11 Å². The number of aryl methyl sites for hydroxylation is 1. The molecule has 138 valence electrons. The number of methoxy groups -OCH3 is 1. The van der Waals surface area contributed by atoms with Gasteiger partial charge < -0.3 is 8.92 Å². The predicted molar refractivity (Wildman–Crippen MR) is 88.8 cm³/mol. The van der Waals surface area contributed by atoms with Gasteiger partial charge in [-0.25, -0.2) is 4.79 Å². The Morgan fingerprint density at radius 2 is 1.96 bits per heavy atom. The highest BCUT2D eigenvalue weighted by Crippen LogP contribution is 2.43. The Morgan fingerprint density at radius 3 is 2.58 bits per heavy atom. The Balaban J connectivity index is 2.38. The van der Waals surface area contributed by atoms with E-state index in [1.165, 1.54) is 6.20 Å². The van der Waals surface area contributed by atoms with E-state index in [0.717, 1.165) is 24.0 Å². The van der Waals surface area contributed by atoms with Gasteiger partial charge >= 0.3 is 21.6 Å². The number of pyridine rings is 1. The number of hydrogen-bond donors (Lipinski definition) is 0. The molecule has 0 aliphatic rings. The van der Waals surface area contributed by atoms with Crippen LogP contribution in [0.25, 0.3) is 21.0 Å². The maximum Gasteiger partial charge on any atom is 0.534 e. The second-order valence-corrected chi connectivity index (χ2v) is 7.84. The quantitative estimate of drug-likeness (QED) is 0.375. The highest BCUT2D eigenvalue weighted by molar-refractivity contribution is 7.88. The zero-order valence-electron chi connectivity index (χ0n) is 13.2. The zero-order valence-corrected chi connectivity index (χ0v) is 14.9. The molecule has 0 amide bonds. The summed E-state index contributed by atoms with van der Waals surface area (Å²) in [4.78, 5) is 15.7. The minimum atomic E-state index is -5.97. The molecule has 3 rings (SSSR count). The zero-order chi connectivity index (χ0) is 19.3. The third-order valence-electron chi connectivity index (χ3n) is 3.48. The average Bonchev–Trinajstić information content (AvgIpc) is 2.91. The lowest BCUT2D eigenvalue weighted by atomic mass is 10.1. The summed E-state index contributed by atoms with van der Waals surface area (Å²) in [5, 5.41) is 0.403. The first-order valence-corrected chi connectivity index (χ1v) is 9.18. The molecule has 6 nitrogen and oxygen atoms in total. The van der Waals surface area contributed by atoms with Crippen molar-refractivity contribution in [2.24, 2.45) is 0 Å². The van der Waals surface area contributed by atoms with E-state index in [1.807, 2.05) is 0 Å². The molecule has 0 bridgehead atoms. The maximum atomic E-state index is 12.8. The Kier molecular flexibility index (Phi) is 4.31. The average molecular weight is 405 g/mol. The number of thiophene rings is 1. The van der Waals surface area contributed by atoms with Gasteiger partial charge in [0, 0.05) is 17.0 Å². The van der Waals surface area contributed by atoms with Crippen molar-refractivity contribution in [3.8, 4) is 5.75 Å². The fraction of sp³-hybridized carbons (Fsp3) is 0.200. The van der Waals surface area contributed by atoms with E-state index in [9.17, 15) is 26.4 Å². The molecule has 1 aromatic carbocycles. The van der Waals surface area contributed by atoms with Gasteiger partial charge in [0.25, 0.3) is 0 Å². The summed E-state index contributed by atoms with van der Waals surface area (Å²) in [6.45, 7) is 1.80. The summed E-state index contributed by atoms with van der Waals surface area (Å²) >= 11 is 0.733. The van der Waals surface area contributed by atoms with Crippen LogP contribution in [0.15, 0.2) is 24.4 Å². The number of aromatic nitrogens is 1. The van der Waals surface area contributed by atoms with Crippen LogP contribution >= 0.6 is 11.3 Å². The van der Waals surface area contributed by atoms with Crippen LogP contribution in [0.1, 0.15) is 15.2 Å². The van der Waals surface area contributed by atoms with Gasteiger partial charge in [-0.2, -0.15) is 21.6 Å². The number of ether oxygens (including phenoxy) is 1. The molecule has 3 aromatic rings. The van der Waals surface area contributed by atoms with Crippen molar-refractivity contribution in [3.05, 3.63) is 34.8 Å². The smallest absolute Gasteiger partial charge is 0.465 e. The van der Waals surface area contributed by atoms with Crippen molar-refractivity contribution in [2.45, 2.75) is 12.4 Å². The van der Waals surface area contributed by atoms with Gasteiger partial charge in [0.1, 0.15) is 0 Å². The number of fused-ring (bicyclic) bond motifs is 3. The summed E-state index contributed by atoms with van der Waals surface area (Å²) in [6, 6.07) is 4.92. The van der Waals surface area contributed by atoms with Gasteiger partial charge in [-0.1, -0.05) is 12.1 Å². The van der Waals surface area contributed by atoms with E-state index >= 15 is 0 Å². The second-order valence-electron chi connectivity index (χ2n) is 5.25. The van der Waals surface area contributed by atoms with Crippen LogP contribution in [0.5, 0.6) is 5.75 Å². The maximum absolute atomic E-state index is 12.8. The van der Waals surface area contributed by atoms with Crippen molar-refractivity contribution < 1.29 is 35.3 Å². The van der Waals surface area contributed by atoms with Gasteiger partial charge in [-0.15, -0.1) is 11.3 Å². The van der Waals surface area contributed by atoms with Gasteiger partial charge in [-0.3, -0.25) is 4.98 Å². The number of rotatable bonds is 3. The van der Waals surface area contributed by atoms with Crippen molar-refractivity contribution in [1.29, 1.82) is 0 Å². The molecule has 11 heteroatoms. The first-order chi connectivity index (χ1) is 12.0. The summed E-state index contributed by atoms with van der Waals surface area (Å²) < 4.78 is 70.5. The second kappa shape index (κ2) is 6.09. The minimum Gasteiger partial charge on any atom is -0.465 e. The Labute approximate surface area is 149 Å². The van der Waals surface area contributed by atoms with Crippen LogP contribution in [0.4, 0.5) is 13.2 Å². The minimum absolute atomic E-state index is 0.0493. The molecule has 0 N–H and O–H groups in total. The van der Waals surface area contributed by atoms with Crippen molar-refractivity contribution in [1.82, 2.24) is 4.98 Å². The van der Waals surface area contributed by atoms with Crippen LogP contribution in [-0.2, 0) is 14.9 Å². The predicted octanol–water partition coefficient (Wildman–Crippen LogP) is 3.77. The SMILES string of the molecule is COC(=O)c1sc2cnc3cc(C)ccc3c2c1OS(=O)(=O)C(F)(F)F. The summed E-state index contributed by atoms with van der Waals surface area (Å²) in [7, 11) is -4.95. The molecule has 0 fully saturated rings. The molecular formula is C15H10F3NO5S2. The lowest BCUT2D eigenvalue weighted by Crippen LogP contribution is -2.28. The van der Waals surface area contributed by atoms with Crippen molar-refractivity contribution >= 4 is 48.4 Å². The molecule has 0 aliphatic heterocycles. The Morgan fingerprint density at radius 1 is 1.27 bits per heavy atom. The fourth-order valence-electron chi connectivity index (χ4n) is 2.33. The summed E-state index contributed by atoms with van der Waals surface area (Å²) in [6.07, 6.45) is 1.33. The number of carbonyl (C=O) groups excluding carboxylic acids is 1. The van der Waals surface area contributed by atoms with E-state index in [1.54, 1.807) is 25.1 Å². The normalized spacial score (nSPS) is 12.5. The number of nitrogens with zero attached hydrogens (tertiary/aromatic N) is 1. The van der Waals surface area contributed by atoms with Crippen LogP contribution in [0.3, 0.4) is 0 Å².